The van der Waals surface area contributed by atoms with Gasteiger partial charge in [-0.25, -0.2) is 9.37 Å². The number of aromatic nitrogens is 3. The third-order valence-electron chi connectivity index (χ3n) is 4.23. The smallest absolute Gasteiger partial charge is 0.258 e. The molecule has 1 amide bonds. The number of ether oxygens (including phenoxy) is 1. The number of aryl methyl sites for hydroxylation is 1. The van der Waals surface area contributed by atoms with Crippen molar-refractivity contribution < 1.29 is 18.3 Å². The van der Waals surface area contributed by atoms with E-state index in [0.29, 0.717) is 34.7 Å². The molecule has 7 nitrogen and oxygen atoms in total. The van der Waals surface area contributed by atoms with Crippen molar-refractivity contribution in [2.45, 2.75) is 6.54 Å². The zero-order valence-electron chi connectivity index (χ0n) is 15.3. The number of halogens is 1. The molecule has 0 atom stereocenters. The third kappa shape index (κ3) is 3.44. The molecule has 0 aliphatic rings. The second kappa shape index (κ2) is 7.15. The molecule has 0 saturated carbocycles. The molecule has 4 rings (SSSR count). The first-order valence-corrected chi connectivity index (χ1v) is 8.55. The molecule has 0 aliphatic carbocycles. The van der Waals surface area contributed by atoms with Crippen LogP contribution in [0.25, 0.3) is 22.6 Å². The molecular weight excluding hydrogens is 363 g/mol. The number of carbonyl (C=O) groups excluding carboxylic acids is 1. The number of amides is 1. The highest BCUT2D eigenvalue weighted by molar-refractivity contribution is 5.96. The topological polar surface area (TPSA) is 82.2 Å². The molecule has 0 bridgehead atoms. The number of oxazole rings is 1. The number of benzene rings is 2. The average molecular weight is 380 g/mol. The van der Waals surface area contributed by atoms with Crippen LogP contribution in [0, 0.1) is 5.82 Å². The van der Waals surface area contributed by atoms with Gasteiger partial charge in [0.2, 0.25) is 11.8 Å². The summed E-state index contributed by atoms with van der Waals surface area (Å²) in [6.07, 6.45) is 1.60. The Balaban J connectivity index is 1.51. The number of nitrogens with zero attached hydrogens (tertiary/aromatic N) is 3. The van der Waals surface area contributed by atoms with Crippen LogP contribution in [0.2, 0.25) is 0 Å². The summed E-state index contributed by atoms with van der Waals surface area (Å²) in [5.74, 6) is 0.0903. The predicted molar refractivity (Wildman–Crippen MR) is 100 cm³/mol. The number of methoxy groups -OCH3 is 1. The van der Waals surface area contributed by atoms with Crippen molar-refractivity contribution in [3.05, 3.63) is 65.6 Å². The van der Waals surface area contributed by atoms with E-state index in [1.54, 1.807) is 31.4 Å². The van der Waals surface area contributed by atoms with E-state index in [1.165, 1.54) is 23.9 Å². The summed E-state index contributed by atoms with van der Waals surface area (Å²) in [6, 6.07) is 11.4. The quantitative estimate of drug-likeness (QED) is 0.574. The van der Waals surface area contributed by atoms with Crippen molar-refractivity contribution in [1.82, 2.24) is 20.1 Å². The molecule has 0 fully saturated rings. The van der Waals surface area contributed by atoms with Gasteiger partial charge in [0, 0.05) is 25.4 Å². The van der Waals surface area contributed by atoms with Crippen LogP contribution < -0.4 is 10.1 Å². The van der Waals surface area contributed by atoms with Crippen LogP contribution in [0.5, 0.6) is 5.88 Å². The molecule has 142 valence electrons. The molecule has 28 heavy (non-hydrogen) atoms. The zero-order chi connectivity index (χ0) is 19.7. The van der Waals surface area contributed by atoms with Gasteiger partial charge in [0.05, 0.1) is 7.11 Å². The standard InChI is InChI=1S/C20H17FN4O3/c1-25-11-15(20(24-25)27-2)18(26)22-10-12-3-8-17-16(9-12)23-19(28-17)13-4-6-14(21)7-5-13/h3-9,11H,10H2,1-2H3,(H,22,26). The first kappa shape index (κ1) is 17.7. The Labute approximate surface area is 159 Å². The van der Waals surface area contributed by atoms with E-state index in [-0.39, 0.29) is 17.6 Å². The molecule has 4 aromatic rings. The summed E-state index contributed by atoms with van der Waals surface area (Å²) >= 11 is 0. The fourth-order valence-electron chi connectivity index (χ4n) is 2.85. The van der Waals surface area contributed by atoms with Gasteiger partial charge in [-0.05, 0) is 42.0 Å². The second-order valence-corrected chi connectivity index (χ2v) is 6.24. The van der Waals surface area contributed by atoms with Crippen LogP contribution in [0.4, 0.5) is 4.39 Å². The highest BCUT2D eigenvalue weighted by Gasteiger charge is 2.16. The maximum absolute atomic E-state index is 13.1. The van der Waals surface area contributed by atoms with Crippen molar-refractivity contribution in [3.63, 3.8) is 0 Å². The number of rotatable bonds is 5. The van der Waals surface area contributed by atoms with Gasteiger partial charge >= 0.3 is 0 Å². The molecule has 0 saturated heterocycles. The third-order valence-corrected chi connectivity index (χ3v) is 4.23. The van der Waals surface area contributed by atoms with Crippen LogP contribution in [0.15, 0.2) is 53.1 Å². The zero-order valence-corrected chi connectivity index (χ0v) is 15.3. The number of hydrogen-bond acceptors (Lipinski definition) is 5. The van der Waals surface area contributed by atoms with Gasteiger partial charge in [-0.2, -0.15) is 0 Å². The highest BCUT2D eigenvalue weighted by Crippen LogP contribution is 2.25. The van der Waals surface area contributed by atoms with Gasteiger partial charge in [0.1, 0.15) is 16.9 Å². The van der Waals surface area contributed by atoms with E-state index >= 15 is 0 Å². The van der Waals surface area contributed by atoms with Crippen LogP contribution in [-0.4, -0.2) is 27.8 Å². The predicted octanol–water partition coefficient (Wildman–Crippen LogP) is 3.31. The fraction of sp³-hybridized carbons (Fsp3) is 0.150. The Morgan fingerprint density at radius 1 is 1.25 bits per heavy atom. The minimum atomic E-state index is -0.317. The van der Waals surface area contributed by atoms with Crippen molar-refractivity contribution in [2.24, 2.45) is 7.05 Å². The largest absolute Gasteiger partial charge is 0.479 e. The van der Waals surface area contributed by atoms with Gasteiger partial charge in [-0.1, -0.05) is 6.07 Å². The first-order valence-electron chi connectivity index (χ1n) is 8.55. The Bertz CT molecular complexity index is 1150. The van der Waals surface area contributed by atoms with Gasteiger partial charge in [-0.15, -0.1) is 5.10 Å². The van der Waals surface area contributed by atoms with Crippen molar-refractivity contribution in [1.29, 1.82) is 0 Å². The van der Waals surface area contributed by atoms with Crippen molar-refractivity contribution in [3.8, 4) is 17.3 Å². The minimum Gasteiger partial charge on any atom is -0.479 e. The lowest BCUT2D eigenvalue weighted by Gasteiger charge is -2.04. The average Bonchev–Trinajstić information content (AvgIpc) is 3.29. The van der Waals surface area contributed by atoms with E-state index < -0.39 is 0 Å². The second-order valence-electron chi connectivity index (χ2n) is 6.24. The fourth-order valence-corrected chi connectivity index (χ4v) is 2.85. The van der Waals surface area contributed by atoms with E-state index in [9.17, 15) is 9.18 Å². The molecule has 8 heteroatoms. The summed E-state index contributed by atoms with van der Waals surface area (Å²) in [5.41, 5.74) is 3.19. The van der Waals surface area contributed by atoms with E-state index in [4.69, 9.17) is 9.15 Å². The maximum Gasteiger partial charge on any atom is 0.258 e. The number of nitrogens with one attached hydrogen (secondary N) is 1. The SMILES string of the molecule is COc1nn(C)cc1C(=O)NCc1ccc2oc(-c3ccc(F)cc3)nc2c1. The summed E-state index contributed by atoms with van der Waals surface area (Å²) in [7, 11) is 3.19. The van der Waals surface area contributed by atoms with E-state index in [0.717, 1.165) is 5.56 Å². The number of carbonyl (C=O) groups is 1. The highest BCUT2D eigenvalue weighted by atomic mass is 19.1. The number of hydrogen-bond donors (Lipinski definition) is 1. The summed E-state index contributed by atoms with van der Waals surface area (Å²) < 4.78 is 25.4. The van der Waals surface area contributed by atoms with Gasteiger partial charge in [-0.3, -0.25) is 9.48 Å². The molecule has 0 aliphatic heterocycles. The van der Waals surface area contributed by atoms with E-state index in [2.05, 4.69) is 15.4 Å². The van der Waals surface area contributed by atoms with Gasteiger partial charge in [0.25, 0.3) is 5.91 Å². The maximum atomic E-state index is 13.1. The van der Waals surface area contributed by atoms with E-state index in [1.807, 2.05) is 12.1 Å². The first-order chi connectivity index (χ1) is 13.5. The molecule has 1 N–H and O–H groups in total. The lowest BCUT2D eigenvalue weighted by Crippen LogP contribution is -2.22. The number of fused-ring (bicyclic) bond motifs is 1. The van der Waals surface area contributed by atoms with Gasteiger partial charge < -0.3 is 14.5 Å². The van der Waals surface area contributed by atoms with Crippen LogP contribution in [-0.2, 0) is 13.6 Å². The molecule has 0 spiro atoms. The Morgan fingerprint density at radius 3 is 2.79 bits per heavy atom. The Morgan fingerprint density at radius 2 is 2.04 bits per heavy atom. The Kier molecular flexibility index (Phi) is 4.52. The molecule has 2 heterocycles. The lowest BCUT2D eigenvalue weighted by molar-refractivity contribution is 0.0948. The molecule has 2 aromatic heterocycles. The monoisotopic (exact) mass is 380 g/mol. The van der Waals surface area contributed by atoms with Gasteiger partial charge in [0.15, 0.2) is 5.58 Å². The summed E-state index contributed by atoms with van der Waals surface area (Å²) in [5, 5.41) is 6.91. The Hall–Kier alpha value is -3.68. The molecular formula is C20H17FN4O3. The van der Waals surface area contributed by atoms with Crippen molar-refractivity contribution in [2.75, 3.05) is 7.11 Å². The molecule has 0 unspecified atom stereocenters. The normalized spacial score (nSPS) is 11.0. The lowest BCUT2D eigenvalue weighted by atomic mass is 10.2. The van der Waals surface area contributed by atoms with Crippen molar-refractivity contribution >= 4 is 17.0 Å². The van der Waals surface area contributed by atoms with Crippen LogP contribution in [0.3, 0.4) is 0 Å². The molecule has 2 aromatic carbocycles. The van der Waals surface area contributed by atoms with Crippen LogP contribution in [0.1, 0.15) is 15.9 Å². The summed E-state index contributed by atoms with van der Waals surface area (Å²) in [4.78, 5) is 16.8. The minimum absolute atomic E-state index is 0.274. The molecule has 0 radical (unpaired) electrons. The summed E-state index contributed by atoms with van der Waals surface area (Å²) in [6.45, 7) is 0.311. The van der Waals surface area contributed by atoms with Crippen LogP contribution >= 0.6 is 0 Å².